The Bertz CT molecular complexity index is 935. The molecule has 0 aliphatic carbocycles. The van der Waals surface area contributed by atoms with Crippen LogP contribution >= 0.6 is 0 Å². The molecule has 0 spiro atoms. The number of benzene rings is 1. The van der Waals surface area contributed by atoms with Crippen LogP contribution in [0.25, 0.3) is 0 Å². The summed E-state index contributed by atoms with van der Waals surface area (Å²) in [6, 6.07) is 6.60. The molecule has 0 bridgehead atoms. The highest BCUT2D eigenvalue weighted by molar-refractivity contribution is 5.94. The van der Waals surface area contributed by atoms with Gasteiger partial charge in [0.1, 0.15) is 5.82 Å². The van der Waals surface area contributed by atoms with Gasteiger partial charge in [0.25, 0.3) is 5.91 Å². The van der Waals surface area contributed by atoms with Gasteiger partial charge >= 0.3 is 6.18 Å². The van der Waals surface area contributed by atoms with Crippen LogP contribution in [0.5, 0.6) is 0 Å². The molecule has 6 nitrogen and oxygen atoms in total. The topological polar surface area (TPSA) is 52.6 Å². The lowest BCUT2D eigenvalue weighted by Gasteiger charge is -2.35. The number of hydrogen-bond acceptors (Lipinski definition) is 5. The molecule has 1 aromatic heterocycles. The number of rotatable bonds is 3. The van der Waals surface area contributed by atoms with Crippen LogP contribution in [0.3, 0.4) is 0 Å². The summed E-state index contributed by atoms with van der Waals surface area (Å²) in [7, 11) is 0. The molecule has 0 unspecified atom stereocenters. The first-order valence-corrected chi connectivity index (χ1v) is 10.6. The molecule has 2 aliphatic rings. The average molecular weight is 433 g/mol. The Hall–Kier alpha value is -2.84. The van der Waals surface area contributed by atoms with Gasteiger partial charge in [-0.1, -0.05) is 6.07 Å². The van der Waals surface area contributed by atoms with Crippen LogP contribution in [0.1, 0.15) is 40.9 Å². The second-order valence-corrected chi connectivity index (χ2v) is 8.07. The summed E-state index contributed by atoms with van der Waals surface area (Å²) in [5.74, 6) is 1.20. The summed E-state index contributed by atoms with van der Waals surface area (Å²) in [4.78, 5) is 28.0. The number of halogens is 3. The Morgan fingerprint density at radius 3 is 2.29 bits per heavy atom. The third kappa shape index (κ3) is 4.91. The molecule has 2 saturated heterocycles. The summed E-state index contributed by atoms with van der Waals surface area (Å²) in [5.41, 5.74) is 0.144. The molecule has 1 aromatic carbocycles. The molecule has 0 saturated carbocycles. The van der Waals surface area contributed by atoms with Crippen molar-refractivity contribution in [2.75, 3.05) is 49.1 Å². The van der Waals surface area contributed by atoms with Gasteiger partial charge in [-0.2, -0.15) is 18.2 Å². The number of carbonyl (C=O) groups is 1. The quantitative estimate of drug-likeness (QED) is 0.738. The second kappa shape index (κ2) is 8.72. The van der Waals surface area contributed by atoms with Crippen LogP contribution in [-0.4, -0.2) is 60.0 Å². The number of piperidine rings is 1. The first-order chi connectivity index (χ1) is 14.8. The van der Waals surface area contributed by atoms with Crippen molar-refractivity contribution in [1.29, 1.82) is 0 Å². The fourth-order valence-corrected chi connectivity index (χ4v) is 4.08. The molecule has 3 heterocycles. The van der Waals surface area contributed by atoms with Gasteiger partial charge in [0.2, 0.25) is 5.95 Å². The molecule has 0 atom stereocenters. The van der Waals surface area contributed by atoms with Crippen LogP contribution in [0.15, 0.2) is 30.3 Å². The maximum Gasteiger partial charge on any atom is 0.416 e. The summed E-state index contributed by atoms with van der Waals surface area (Å²) >= 11 is 0. The van der Waals surface area contributed by atoms with Gasteiger partial charge in [-0.05, 0) is 44.4 Å². The fraction of sp³-hybridized carbons (Fsp3) is 0.500. The van der Waals surface area contributed by atoms with Crippen LogP contribution in [0, 0.1) is 6.92 Å². The maximum atomic E-state index is 13.0. The number of carbonyl (C=O) groups excluding carboxylic acids is 1. The van der Waals surface area contributed by atoms with Crippen molar-refractivity contribution in [3.05, 3.63) is 47.2 Å². The molecular weight excluding hydrogens is 407 g/mol. The van der Waals surface area contributed by atoms with E-state index < -0.39 is 11.7 Å². The standard InChI is InChI=1S/C22H26F3N5O/c1-16-14-19(28-8-3-2-4-9-28)27-21(26-16)30-12-10-29(11-13-30)20(31)17-6-5-7-18(15-17)22(23,24)25/h5-7,14-15H,2-4,8-13H2,1H3. The number of nitrogens with zero attached hydrogens (tertiary/aromatic N) is 5. The Morgan fingerprint density at radius 2 is 1.61 bits per heavy atom. The van der Waals surface area contributed by atoms with Gasteiger partial charge < -0.3 is 14.7 Å². The fourth-order valence-electron chi connectivity index (χ4n) is 4.08. The second-order valence-electron chi connectivity index (χ2n) is 8.07. The summed E-state index contributed by atoms with van der Waals surface area (Å²) in [5, 5.41) is 0. The van der Waals surface area contributed by atoms with Gasteiger partial charge in [-0.25, -0.2) is 4.98 Å². The Balaban J connectivity index is 1.43. The number of anilines is 2. The number of aryl methyl sites for hydroxylation is 1. The monoisotopic (exact) mass is 433 g/mol. The molecule has 4 rings (SSSR count). The molecule has 31 heavy (non-hydrogen) atoms. The zero-order valence-corrected chi connectivity index (χ0v) is 17.5. The zero-order valence-electron chi connectivity index (χ0n) is 17.5. The van der Waals surface area contributed by atoms with Crippen molar-refractivity contribution >= 4 is 17.7 Å². The Labute approximate surface area is 179 Å². The lowest BCUT2D eigenvalue weighted by atomic mass is 10.1. The third-order valence-electron chi connectivity index (χ3n) is 5.80. The van der Waals surface area contributed by atoms with Crippen molar-refractivity contribution < 1.29 is 18.0 Å². The van der Waals surface area contributed by atoms with Crippen molar-refractivity contribution in [2.45, 2.75) is 32.4 Å². The van der Waals surface area contributed by atoms with E-state index in [1.54, 1.807) is 4.90 Å². The number of alkyl halides is 3. The van der Waals surface area contributed by atoms with Gasteiger partial charge in [0, 0.05) is 56.6 Å². The first-order valence-electron chi connectivity index (χ1n) is 10.6. The predicted molar refractivity (Wildman–Crippen MR) is 112 cm³/mol. The van der Waals surface area contributed by atoms with Crippen molar-refractivity contribution in [1.82, 2.24) is 14.9 Å². The highest BCUT2D eigenvalue weighted by atomic mass is 19.4. The number of hydrogen-bond donors (Lipinski definition) is 0. The van der Waals surface area contributed by atoms with Crippen molar-refractivity contribution in [3.8, 4) is 0 Å². The lowest BCUT2D eigenvalue weighted by Crippen LogP contribution is -2.49. The van der Waals surface area contributed by atoms with Crippen molar-refractivity contribution in [2.24, 2.45) is 0 Å². The van der Waals surface area contributed by atoms with Gasteiger partial charge in [0.05, 0.1) is 5.56 Å². The number of piperazine rings is 1. The van der Waals surface area contributed by atoms with E-state index in [4.69, 9.17) is 4.98 Å². The smallest absolute Gasteiger partial charge is 0.356 e. The van der Waals surface area contributed by atoms with E-state index in [0.717, 1.165) is 49.6 Å². The summed E-state index contributed by atoms with van der Waals surface area (Å²) < 4.78 is 38.9. The molecule has 9 heteroatoms. The first kappa shape index (κ1) is 21.4. The molecule has 2 aromatic rings. The molecular formula is C22H26F3N5O. The Morgan fingerprint density at radius 1 is 0.903 bits per heavy atom. The van der Waals surface area contributed by atoms with Crippen molar-refractivity contribution in [3.63, 3.8) is 0 Å². The van der Waals surface area contributed by atoms with E-state index in [-0.39, 0.29) is 11.5 Å². The maximum absolute atomic E-state index is 13.0. The highest BCUT2D eigenvalue weighted by Crippen LogP contribution is 2.30. The van der Waals surface area contributed by atoms with Gasteiger partial charge in [-0.3, -0.25) is 4.79 Å². The number of aromatic nitrogens is 2. The summed E-state index contributed by atoms with van der Waals surface area (Å²) in [6.07, 6.45) is -0.901. The van der Waals surface area contributed by atoms with Crippen LogP contribution in [0.4, 0.5) is 24.9 Å². The van der Waals surface area contributed by atoms with E-state index in [1.807, 2.05) is 17.9 Å². The predicted octanol–water partition coefficient (Wildman–Crippen LogP) is 3.76. The largest absolute Gasteiger partial charge is 0.416 e. The minimum Gasteiger partial charge on any atom is -0.356 e. The van der Waals surface area contributed by atoms with E-state index >= 15 is 0 Å². The molecule has 0 radical (unpaired) electrons. The number of amides is 1. The van der Waals surface area contributed by atoms with Gasteiger partial charge in [0.15, 0.2) is 0 Å². The zero-order chi connectivity index (χ0) is 22.0. The summed E-state index contributed by atoms with van der Waals surface area (Å²) in [6.45, 7) is 5.83. The third-order valence-corrected chi connectivity index (χ3v) is 5.80. The minimum absolute atomic E-state index is 0.0578. The lowest BCUT2D eigenvalue weighted by molar-refractivity contribution is -0.137. The van der Waals surface area contributed by atoms with Crippen LogP contribution < -0.4 is 9.80 Å². The van der Waals surface area contributed by atoms with Crippen LogP contribution in [0.2, 0.25) is 0 Å². The molecule has 0 N–H and O–H groups in total. The van der Waals surface area contributed by atoms with Crippen LogP contribution in [-0.2, 0) is 6.18 Å². The SMILES string of the molecule is Cc1cc(N2CCCCC2)nc(N2CCN(C(=O)c3cccc(C(F)(F)F)c3)CC2)n1. The molecule has 2 aliphatic heterocycles. The van der Waals surface area contributed by atoms with E-state index in [1.165, 1.54) is 18.6 Å². The molecule has 1 amide bonds. The Kier molecular flexibility index (Phi) is 6.02. The average Bonchev–Trinajstić information content (AvgIpc) is 2.78. The molecule has 166 valence electrons. The minimum atomic E-state index is -4.47. The molecule has 2 fully saturated rings. The van der Waals surface area contributed by atoms with E-state index in [9.17, 15) is 18.0 Å². The normalized spacial score (nSPS) is 17.7. The highest BCUT2D eigenvalue weighted by Gasteiger charge is 2.32. The van der Waals surface area contributed by atoms with E-state index in [2.05, 4.69) is 9.88 Å². The van der Waals surface area contributed by atoms with E-state index in [0.29, 0.717) is 32.1 Å². The van der Waals surface area contributed by atoms with Gasteiger partial charge in [-0.15, -0.1) is 0 Å².